The van der Waals surface area contributed by atoms with Gasteiger partial charge in [-0.05, 0) is 38.0 Å². The van der Waals surface area contributed by atoms with E-state index < -0.39 is 5.41 Å². The Kier molecular flexibility index (Phi) is 4.45. The van der Waals surface area contributed by atoms with E-state index in [1.165, 1.54) is 0 Å². The van der Waals surface area contributed by atoms with Crippen LogP contribution in [0.15, 0.2) is 0 Å². The van der Waals surface area contributed by atoms with Gasteiger partial charge < -0.3 is 15.4 Å². The number of carbonyl (C=O) groups excluding carboxylic acids is 3. The Morgan fingerprint density at radius 1 is 1.40 bits per heavy atom. The highest BCUT2D eigenvalue weighted by Crippen LogP contribution is 2.41. The van der Waals surface area contributed by atoms with Gasteiger partial charge in [-0.25, -0.2) is 0 Å². The van der Waals surface area contributed by atoms with Crippen molar-refractivity contribution in [2.75, 3.05) is 6.54 Å². The van der Waals surface area contributed by atoms with Crippen molar-refractivity contribution >= 4 is 18.1 Å². The van der Waals surface area contributed by atoms with Crippen LogP contribution < -0.4 is 5.73 Å². The Morgan fingerprint density at radius 2 is 2.05 bits per heavy atom. The summed E-state index contributed by atoms with van der Waals surface area (Å²) in [6.45, 7) is 2.67. The second-order valence-electron chi connectivity index (χ2n) is 6.35. The third-order valence-corrected chi connectivity index (χ3v) is 5.22. The molecule has 1 unspecified atom stereocenters. The summed E-state index contributed by atoms with van der Waals surface area (Å²) in [4.78, 5) is 36.3. The number of hydrogen-bond donors (Lipinski definition) is 1. The van der Waals surface area contributed by atoms with Gasteiger partial charge in [-0.15, -0.1) is 0 Å². The lowest BCUT2D eigenvalue weighted by atomic mass is 9.67. The van der Waals surface area contributed by atoms with E-state index in [2.05, 4.69) is 0 Å². The molecular formula is C15H24N2O3. The number of primary amides is 1. The van der Waals surface area contributed by atoms with Crippen molar-refractivity contribution < 1.29 is 14.4 Å². The molecule has 2 aliphatic rings. The summed E-state index contributed by atoms with van der Waals surface area (Å²) in [6, 6.07) is 0.314. The van der Waals surface area contributed by atoms with Crippen LogP contribution in [0.5, 0.6) is 0 Å². The Labute approximate surface area is 119 Å². The smallest absolute Gasteiger partial charge is 0.224 e. The molecule has 112 valence electrons. The summed E-state index contributed by atoms with van der Waals surface area (Å²) >= 11 is 0. The molecule has 2 fully saturated rings. The highest BCUT2D eigenvalue weighted by atomic mass is 16.2. The summed E-state index contributed by atoms with van der Waals surface area (Å²) in [7, 11) is 0. The first kappa shape index (κ1) is 15.0. The second-order valence-corrected chi connectivity index (χ2v) is 6.35. The van der Waals surface area contributed by atoms with Crippen molar-refractivity contribution in [3.63, 3.8) is 0 Å². The number of nitrogens with zero attached hydrogens (tertiary/aromatic N) is 1. The van der Waals surface area contributed by atoms with E-state index in [0.717, 1.165) is 44.9 Å². The zero-order valence-corrected chi connectivity index (χ0v) is 12.1. The van der Waals surface area contributed by atoms with E-state index in [1.807, 2.05) is 4.90 Å². The molecule has 0 bridgehead atoms. The highest BCUT2D eigenvalue weighted by molar-refractivity contribution is 5.83. The predicted octanol–water partition coefficient (Wildman–Crippen LogP) is 1.25. The average Bonchev–Trinajstić information content (AvgIpc) is 2.85. The van der Waals surface area contributed by atoms with Gasteiger partial charge in [0.1, 0.15) is 6.29 Å². The lowest BCUT2D eigenvalue weighted by molar-refractivity contribution is -0.135. The summed E-state index contributed by atoms with van der Waals surface area (Å²) in [6.07, 6.45) is 6.17. The molecule has 1 saturated heterocycles. The molecule has 1 saturated carbocycles. The van der Waals surface area contributed by atoms with Gasteiger partial charge in [-0.1, -0.05) is 6.92 Å². The van der Waals surface area contributed by atoms with Crippen molar-refractivity contribution in [1.82, 2.24) is 4.90 Å². The minimum Gasteiger partial charge on any atom is -0.369 e. The number of aldehydes is 1. The Balaban J connectivity index is 1.97. The van der Waals surface area contributed by atoms with Gasteiger partial charge in [0.15, 0.2) is 0 Å². The maximum Gasteiger partial charge on any atom is 0.224 e. The topological polar surface area (TPSA) is 80.5 Å². The molecule has 1 heterocycles. The van der Waals surface area contributed by atoms with Crippen molar-refractivity contribution in [3.05, 3.63) is 0 Å². The van der Waals surface area contributed by atoms with Crippen LogP contribution in [0.3, 0.4) is 0 Å². The molecule has 0 aromatic heterocycles. The fraction of sp³-hybridized carbons (Fsp3) is 0.800. The maximum atomic E-state index is 11.8. The first-order chi connectivity index (χ1) is 9.49. The monoisotopic (exact) mass is 280 g/mol. The molecule has 1 atom stereocenters. The number of nitrogens with two attached hydrogens (primary N) is 1. The number of likely N-dealkylation sites (tertiary alicyclic amines) is 1. The van der Waals surface area contributed by atoms with Gasteiger partial charge in [0.05, 0.1) is 5.41 Å². The lowest BCUT2D eigenvalue weighted by Crippen LogP contribution is -2.46. The zero-order chi connectivity index (χ0) is 14.8. The molecule has 2 amide bonds. The molecule has 0 aromatic rings. The molecule has 1 aliphatic carbocycles. The van der Waals surface area contributed by atoms with Crippen molar-refractivity contribution in [3.8, 4) is 0 Å². The standard InChI is InChI=1S/C15H24N2O3/c1-15(8-10-18,14(16)20)11-4-6-12(7-5-11)17-9-2-3-13(17)19/h10-12H,2-9H2,1H3,(H2,16,20). The van der Waals surface area contributed by atoms with Gasteiger partial charge in [-0.2, -0.15) is 0 Å². The van der Waals surface area contributed by atoms with Gasteiger partial charge >= 0.3 is 0 Å². The van der Waals surface area contributed by atoms with Gasteiger partial charge in [-0.3, -0.25) is 9.59 Å². The third kappa shape index (κ3) is 2.72. The highest BCUT2D eigenvalue weighted by Gasteiger charge is 2.42. The van der Waals surface area contributed by atoms with E-state index >= 15 is 0 Å². The Hall–Kier alpha value is -1.39. The van der Waals surface area contributed by atoms with E-state index in [1.54, 1.807) is 6.92 Å². The molecule has 5 heteroatoms. The second kappa shape index (κ2) is 5.94. The molecule has 0 spiro atoms. The van der Waals surface area contributed by atoms with E-state index in [-0.39, 0.29) is 24.2 Å². The minimum atomic E-state index is -0.734. The van der Waals surface area contributed by atoms with E-state index in [4.69, 9.17) is 5.73 Å². The number of rotatable bonds is 5. The van der Waals surface area contributed by atoms with Crippen LogP contribution in [0.4, 0.5) is 0 Å². The molecule has 0 aromatic carbocycles. The van der Waals surface area contributed by atoms with Crippen LogP contribution in [-0.4, -0.2) is 35.6 Å². The van der Waals surface area contributed by atoms with E-state index in [9.17, 15) is 14.4 Å². The van der Waals surface area contributed by atoms with Crippen LogP contribution in [0.25, 0.3) is 0 Å². The van der Waals surface area contributed by atoms with Gasteiger partial charge in [0.2, 0.25) is 11.8 Å². The van der Waals surface area contributed by atoms with Crippen LogP contribution in [0.2, 0.25) is 0 Å². The zero-order valence-electron chi connectivity index (χ0n) is 12.1. The summed E-state index contributed by atoms with van der Waals surface area (Å²) in [5, 5.41) is 0. The maximum absolute atomic E-state index is 11.8. The molecule has 0 radical (unpaired) electrons. The minimum absolute atomic E-state index is 0.152. The quantitative estimate of drug-likeness (QED) is 0.770. The molecule has 2 rings (SSSR count). The van der Waals surface area contributed by atoms with Crippen LogP contribution in [-0.2, 0) is 14.4 Å². The average molecular weight is 280 g/mol. The number of hydrogen-bond acceptors (Lipinski definition) is 3. The van der Waals surface area contributed by atoms with Crippen LogP contribution in [0.1, 0.15) is 51.9 Å². The molecule has 1 aliphatic heterocycles. The first-order valence-corrected chi connectivity index (χ1v) is 7.52. The number of carbonyl (C=O) groups is 3. The fourth-order valence-corrected chi connectivity index (χ4v) is 3.72. The van der Waals surface area contributed by atoms with Crippen LogP contribution in [0, 0.1) is 11.3 Å². The summed E-state index contributed by atoms with van der Waals surface area (Å²) < 4.78 is 0. The molecule has 20 heavy (non-hydrogen) atoms. The van der Waals surface area contributed by atoms with Gasteiger partial charge in [0, 0.05) is 25.4 Å². The largest absolute Gasteiger partial charge is 0.369 e. The fourth-order valence-electron chi connectivity index (χ4n) is 3.72. The SMILES string of the molecule is CC(CC=O)(C(N)=O)C1CCC(N2CCCC2=O)CC1. The van der Waals surface area contributed by atoms with Crippen molar-refractivity contribution in [2.24, 2.45) is 17.1 Å². The Morgan fingerprint density at radius 3 is 2.50 bits per heavy atom. The van der Waals surface area contributed by atoms with Crippen LogP contribution >= 0.6 is 0 Å². The first-order valence-electron chi connectivity index (χ1n) is 7.52. The number of amides is 2. The summed E-state index contributed by atoms with van der Waals surface area (Å²) in [5.41, 5.74) is 4.77. The van der Waals surface area contributed by atoms with Crippen molar-refractivity contribution in [1.29, 1.82) is 0 Å². The molecular weight excluding hydrogens is 256 g/mol. The normalized spacial score (nSPS) is 30.1. The predicted molar refractivity (Wildman–Crippen MR) is 74.7 cm³/mol. The van der Waals surface area contributed by atoms with E-state index in [0.29, 0.717) is 12.5 Å². The Bertz CT molecular complexity index is 402. The molecule has 2 N–H and O–H groups in total. The van der Waals surface area contributed by atoms with Crippen molar-refractivity contribution in [2.45, 2.75) is 57.9 Å². The van der Waals surface area contributed by atoms with Gasteiger partial charge in [0.25, 0.3) is 0 Å². The third-order valence-electron chi connectivity index (χ3n) is 5.22. The molecule has 5 nitrogen and oxygen atoms in total. The summed E-state index contributed by atoms with van der Waals surface area (Å²) in [5.74, 6) is 0.0310. The lowest BCUT2D eigenvalue weighted by Gasteiger charge is -2.41.